The number of halogens is 1. The Morgan fingerprint density at radius 1 is 1.29 bits per heavy atom. The van der Waals surface area contributed by atoms with E-state index in [-0.39, 0.29) is 12.4 Å². The first-order valence-corrected chi connectivity index (χ1v) is 10.6. The molecule has 1 N–H and O–H groups in total. The third-order valence-electron chi connectivity index (χ3n) is 5.44. The van der Waals surface area contributed by atoms with Crippen molar-refractivity contribution in [1.82, 2.24) is 14.7 Å². The molecule has 28 heavy (non-hydrogen) atoms. The topological polar surface area (TPSA) is 41.3 Å². The Hall–Kier alpha value is -2.02. The standard InChI is InChI=1S/C22H26FN3OS/c1-15-10-19(16(2)28-15)22-18(12-25-9-5-6-17(11-25)14-27)13-26(24-22)21-8-4-3-7-20(21)23/h3-4,7-8,10,13,17,27H,5-6,9,11-12,14H2,1-2H3/t17-/m1/s1. The van der Waals surface area contributed by atoms with Gasteiger partial charge in [0.1, 0.15) is 11.5 Å². The molecule has 0 unspecified atom stereocenters. The number of para-hydroxylation sites is 1. The summed E-state index contributed by atoms with van der Waals surface area (Å²) in [7, 11) is 0. The summed E-state index contributed by atoms with van der Waals surface area (Å²) >= 11 is 1.76. The summed E-state index contributed by atoms with van der Waals surface area (Å²) in [6, 6.07) is 8.91. The quantitative estimate of drug-likeness (QED) is 0.684. The van der Waals surface area contributed by atoms with Gasteiger partial charge in [-0.3, -0.25) is 4.90 Å². The number of aromatic nitrogens is 2. The van der Waals surface area contributed by atoms with Gasteiger partial charge in [-0.2, -0.15) is 5.10 Å². The number of nitrogens with zero attached hydrogens (tertiary/aromatic N) is 3. The van der Waals surface area contributed by atoms with Crippen LogP contribution in [0.3, 0.4) is 0 Å². The lowest BCUT2D eigenvalue weighted by molar-refractivity contribution is 0.116. The van der Waals surface area contributed by atoms with Gasteiger partial charge >= 0.3 is 0 Å². The second kappa shape index (κ2) is 8.15. The number of hydrogen-bond donors (Lipinski definition) is 1. The van der Waals surface area contributed by atoms with E-state index in [1.54, 1.807) is 28.2 Å². The van der Waals surface area contributed by atoms with Crippen molar-refractivity contribution >= 4 is 11.3 Å². The van der Waals surface area contributed by atoms with E-state index in [0.29, 0.717) is 11.6 Å². The average molecular weight is 400 g/mol. The zero-order chi connectivity index (χ0) is 19.7. The van der Waals surface area contributed by atoms with Crippen molar-refractivity contribution in [2.24, 2.45) is 5.92 Å². The van der Waals surface area contributed by atoms with Gasteiger partial charge < -0.3 is 5.11 Å². The highest BCUT2D eigenvalue weighted by Crippen LogP contribution is 2.33. The highest BCUT2D eigenvalue weighted by atomic mass is 32.1. The minimum absolute atomic E-state index is 0.237. The minimum atomic E-state index is -0.278. The molecule has 4 nitrogen and oxygen atoms in total. The van der Waals surface area contributed by atoms with E-state index in [4.69, 9.17) is 5.10 Å². The predicted octanol–water partition coefficient (Wildman–Crippen LogP) is 4.56. The Morgan fingerprint density at radius 3 is 2.82 bits per heavy atom. The molecule has 0 aliphatic carbocycles. The van der Waals surface area contributed by atoms with Crippen LogP contribution in [0.15, 0.2) is 36.5 Å². The number of aliphatic hydroxyl groups is 1. The Balaban J connectivity index is 1.73. The molecule has 1 aromatic carbocycles. The smallest absolute Gasteiger partial charge is 0.148 e. The normalized spacial score (nSPS) is 17.9. The van der Waals surface area contributed by atoms with Crippen LogP contribution in [0.2, 0.25) is 0 Å². The van der Waals surface area contributed by atoms with Crippen molar-refractivity contribution in [2.45, 2.75) is 33.2 Å². The molecule has 1 atom stereocenters. The van der Waals surface area contributed by atoms with Gasteiger partial charge in [0.25, 0.3) is 0 Å². The number of piperidine rings is 1. The number of hydrogen-bond acceptors (Lipinski definition) is 4. The number of likely N-dealkylation sites (tertiary alicyclic amines) is 1. The summed E-state index contributed by atoms with van der Waals surface area (Å²) in [6.45, 7) is 7.12. The van der Waals surface area contributed by atoms with Crippen molar-refractivity contribution in [3.05, 3.63) is 57.7 Å². The Morgan fingerprint density at radius 2 is 2.11 bits per heavy atom. The summed E-state index contributed by atoms with van der Waals surface area (Å²) in [5, 5.41) is 14.3. The molecule has 1 aliphatic rings. The molecule has 4 rings (SSSR count). The lowest BCUT2D eigenvalue weighted by Crippen LogP contribution is -2.36. The monoisotopic (exact) mass is 399 g/mol. The van der Waals surface area contributed by atoms with Crippen LogP contribution in [-0.4, -0.2) is 39.5 Å². The molecule has 3 aromatic rings. The SMILES string of the molecule is Cc1cc(-c2nn(-c3ccccc3F)cc2CN2CCC[C@@H](CO)C2)c(C)s1. The van der Waals surface area contributed by atoms with Crippen LogP contribution in [0.25, 0.3) is 16.9 Å². The molecular weight excluding hydrogens is 373 g/mol. The molecule has 148 valence electrons. The zero-order valence-corrected chi connectivity index (χ0v) is 17.2. The number of aryl methyl sites for hydroxylation is 2. The van der Waals surface area contributed by atoms with Gasteiger partial charge in [0.2, 0.25) is 0 Å². The lowest BCUT2D eigenvalue weighted by Gasteiger charge is -2.31. The first-order chi connectivity index (χ1) is 13.5. The van der Waals surface area contributed by atoms with Crippen molar-refractivity contribution in [3.63, 3.8) is 0 Å². The fraction of sp³-hybridized carbons (Fsp3) is 0.409. The van der Waals surface area contributed by atoms with Gasteiger partial charge in [-0.05, 0) is 57.4 Å². The van der Waals surface area contributed by atoms with Gasteiger partial charge in [0.05, 0.1) is 5.69 Å². The fourth-order valence-corrected chi connectivity index (χ4v) is 4.99. The van der Waals surface area contributed by atoms with E-state index < -0.39 is 0 Å². The van der Waals surface area contributed by atoms with Gasteiger partial charge in [-0.25, -0.2) is 9.07 Å². The molecule has 1 aliphatic heterocycles. The largest absolute Gasteiger partial charge is 0.396 e. The molecule has 2 aromatic heterocycles. The Labute approximate surface area is 169 Å². The van der Waals surface area contributed by atoms with Crippen LogP contribution in [0.1, 0.15) is 28.2 Å². The van der Waals surface area contributed by atoms with Gasteiger partial charge in [0, 0.05) is 46.8 Å². The van der Waals surface area contributed by atoms with E-state index >= 15 is 0 Å². The average Bonchev–Trinajstić information content (AvgIpc) is 3.24. The highest BCUT2D eigenvalue weighted by molar-refractivity contribution is 7.12. The summed E-state index contributed by atoms with van der Waals surface area (Å²) in [4.78, 5) is 4.85. The van der Waals surface area contributed by atoms with Gasteiger partial charge in [0.15, 0.2) is 0 Å². The van der Waals surface area contributed by atoms with Crippen LogP contribution in [0, 0.1) is 25.6 Å². The molecule has 0 spiro atoms. The molecule has 6 heteroatoms. The van der Waals surface area contributed by atoms with Gasteiger partial charge in [-0.1, -0.05) is 12.1 Å². The number of rotatable bonds is 5. The maximum absolute atomic E-state index is 14.4. The maximum Gasteiger partial charge on any atom is 0.148 e. The van der Waals surface area contributed by atoms with Crippen molar-refractivity contribution in [2.75, 3.05) is 19.7 Å². The molecule has 0 bridgehead atoms. The molecule has 0 amide bonds. The van der Waals surface area contributed by atoms with Crippen LogP contribution < -0.4 is 0 Å². The number of aliphatic hydroxyl groups excluding tert-OH is 1. The van der Waals surface area contributed by atoms with Crippen molar-refractivity contribution in [1.29, 1.82) is 0 Å². The van der Waals surface area contributed by atoms with E-state index in [1.807, 2.05) is 12.3 Å². The maximum atomic E-state index is 14.4. The van der Waals surface area contributed by atoms with Crippen molar-refractivity contribution < 1.29 is 9.50 Å². The minimum Gasteiger partial charge on any atom is -0.396 e. The fourth-order valence-electron chi connectivity index (χ4n) is 4.06. The highest BCUT2D eigenvalue weighted by Gasteiger charge is 2.23. The van der Waals surface area contributed by atoms with Crippen molar-refractivity contribution in [3.8, 4) is 16.9 Å². The third-order valence-corrected chi connectivity index (χ3v) is 6.41. The van der Waals surface area contributed by atoms with Crippen LogP contribution in [-0.2, 0) is 6.54 Å². The lowest BCUT2D eigenvalue weighted by atomic mass is 9.98. The number of thiophene rings is 1. The number of benzene rings is 1. The molecule has 1 fully saturated rings. The molecular formula is C22H26FN3OS. The Kier molecular flexibility index (Phi) is 5.62. The van der Waals surface area contributed by atoms with Crippen LogP contribution in [0.4, 0.5) is 4.39 Å². The first kappa shape index (κ1) is 19.3. The first-order valence-electron chi connectivity index (χ1n) is 9.79. The summed E-state index contributed by atoms with van der Waals surface area (Å²) in [5.41, 5.74) is 3.62. The molecule has 3 heterocycles. The predicted molar refractivity (Wildman–Crippen MR) is 111 cm³/mol. The summed E-state index contributed by atoms with van der Waals surface area (Å²) < 4.78 is 16.0. The third kappa shape index (κ3) is 3.90. The van der Waals surface area contributed by atoms with Crippen LogP contribution >= 0.6 is 11.3 Å². The summed E-state index contributed by atoms with van der Waals surface area (Å²) in [6.07, 6.45) is 4.14. The van der Waals surface area contributed by atoms with E-state index in [2.05, 4.69) is 24.8 Å². The second-order valence-corrected chi connectivity index (χ2v) is 9.11. The summed E-state index contributed by atoms with van der Waals surface area (Å²) in [5.74, 6) is 0.0589. The van der Waals surface area contributed by atoms with Gasteiger partial charge in [-0.15, -0.1) is 11.3 Å². The zero-order valence-electron chi connectivity index (χ0n) is 16.4. The van der Waals surface area contributed by atoms with E-state index in [0.717, 1.165) is 49.3 Å². The molecule has 0 radical (unpaired) electrons. The van der Waals surface area contributed by atoms with Crippen LogP contribution in [0.5, 0.6) is 0 Å². The van der Waals surface area contributed by atoms with E-state index in [1.165, 1.54) is 15.8 Å². The van der Waals surface area contributed by atoms with E-state index in [9.17, 15) is 9.50 Å². The molecule has 1 saturated heterocycles. The second-order valence-electron chi connectivity index (χ2n) is 7.65. The Bertz CT molecular complexity index is 965. The molecule has 0 saturated carbocycles.